The van der Waals surface area contributed by atoms with E-state index in [0.717, 1.165) is 13.0 Å². The van der Waals surface area contributed by atoms with Crippen molar-refractivity contribution in [2.45, 2.75) is 13.0 Å². The van der Waals surface area contributed by atoms with E-state index in [-0.39, 0.29) is 11.2 Å². The van der Waals surface area contributed by atoms with Crippen LogP contribution in [-0.2, 0) is 6.54 Å². The van der Waals surface area contributed by atoms with Crippen LogP contribution in [0.5, 0.6) is 0 Å². The van der Waals surface area contributed by atoms with Crippen molar-refractivity contribution in [2.75, 3.05) is 20.6 Å². The minimum Gasteiger partial charge on any atom is -0.309 e. The fraction of sp³-hybridized carbons (Fsp3) is 0.556. The average molecular weight is 276 g/mol. The largest absolute Gasteiger partial charge is 0.328 e. The van der Waals surface area contributed by atoms with E-state index in [9.17, 15) is 9.59 Å². The van der Waals surface area contributed by atoms with Crippen LogP contribution < -0.4 is 11.2 Å². The van der Waals surface area contributed by atoms with Crippen molar-refractivity contribution in [3.05, 3.63) is 31.5 Å². The van der Waals surface area contributed by atoms with Crippen LogP contribution in [0, 0.1) is 0 Å². The molecule has 0 unspecified atom stereocenters. The van der Waals surface area contributed by atoms with Gasteiger partial charge in [0.25, 0.3) is 5.56 Å². The molecule has 1 heterocycles. The normalized spacial score (nSPS) is 10.9. The van der Waals surface area contributed by atoms with Crippen LogP contribution in [0.1, 0.15) is 6.42 Å². The fourth-order valence-electron chi connectivity index (χ4n) is 1.21. The van der Waals surface area contributed by atoms with Gasteiger partial charge < -0.3 is 4.90 Å². The van der Waals surface area contributed by atoms with Gasteiger partial charge in [0.2, 0.25) is 0 Å². The third-order valence-corrected chi connectivity index (χ3v) is 2.54. The summed E-state index contributed by atoms with van der Waals surface area (Å²) < 4.78 is 1.88. The van der Waals surface area contributed by atoms with E-state index in [0.29, 0.717) is 11.0 Å². The number of aromatic amines is 1. The maximum absolute atomic E-state index is 11.3. The van der Waals surface area contributed by atoms with Gasteiger partial charge in [-0.05, 0) is 43.0 Å². The molecule has 6 heteroatoms. The second-order valence-corrected chi connectivity index (χ2v) is 4.44. The molecule has 0 bridgehead atoms. The van der Waals surface area contributed by atoms with Gasteiger partial charge in [0, 0.05) is 12.7 Å². The Hall–Kier alpha value is -0.880. The molecule has 0 aliphatic heterocycles. The van der Waals surface area contributed by atoms with E-state index in [1.54, 1.807) is 0 Å². The summed E-state index contributed by atoms with van der Waals surface area (Å²) in [4.78, 5) is 26.7. The number of halogens is 1. The first-order valence-corrected chi connectivity index (χ1v) is 5.44. The summed E-state index contributed by atoms with van der Waals surface area (Å²) in [7, 11) is 3.96. The lowest BCUT2D eigenvalue weighted by molar-refractivity contribution is 0.383. The molecule has 0 spiro atoms. The predicted octanol–water partition coefficient (Wildman–Crippen LogP) is 0.251. The van der Waals surface area contributed by atoms with Crippen molar-refractivity contribution in [1.82, 2.24) is 14.5 Å². The quantitative estimate of drug-likeness (QED) is 0.857. The Morgan fingerprint density at radius 1 is 1.47 bits per heavy atom. The fourth-order valence-corrected chi connectivity index (χ4v) is 1.55. The molecule has 0 atom stereocenters. The highest BCUT2D eigenvalue weighted by atomic mass is 79.9. The zero-order valence-electron chi connectivity index (χ0n) is 8.79. The average Bonchev–Trinajstić information content (AvgIpc) is 2.13. The van der Waals surface area contributed by atoms with E-state index in [1.165, 1.54) is 10.8 Å². The molecule has 0 aliphatic rings. The lowest BCUT2D eigenvalue weighted by atomic mass is 10.4. The van der Waals surface area contributed by atoms with Crippen LogP contribution >= 0.6 is 15.9 Å². The lowest BCUT2D eigenvalue weighted by Gasteiger charge is -2.10. The van der Waals surface area contributed by atoms with Crippen molar-refractivity contribution in [1.29, 1.82) is 0 Å². The number of aryl methyl sites for hydroxylation is 1. The van der Waals surface area contributed by atoms with E-state index in [1.807, 2.05) is 19.0 Å². The second-order valence-electron chi connectivity index (χ2n) is 3.59. The number of hydrogen-bond donors (Lipinski definition) is 1. The van der Waals surface area contributed by atoms with Crippen LogP contribution in [0.25, 0.3) is 0 Å². The lowest BCUT2D eigenvalue weighted by Crippen LogP contribution is -2.30. The first-order chi connectivity index (χ1) is 7.00. The highest BCUT2D eigenvalue weighted by molar-refractivity contribution is 9.10. The molecule has 1 aromatic heterocycles. The van der Waals surface area contributed by atoms with E-state index in [2.05, 4.69) is 20.9 Å². The van der Waals surface area contributed by atoms with Gasteiger partial charge in [-0.1, -0.05) is 0 Å². The van der Waals surface area contributed by atoms with E-state index in [4.69, 9.17) is 0 Å². The smallest absolute Gasteiger partial charge is 0.309 e. The highest BCUT2D eigenvalue weighted by Gasteiger charge is 2.01. The molecule has 0 radical (unpaired) electrons. The monoisotopic (exact) mass is 275 g/mol. The number of H-pyrrole nitrogens is 1. The van der Waals surface area contributed by atoms with Gasteiger partial charge in [0.15, 0.2) is 0 Å². The molecule has 0 fully saturated rings. The van der Waals surface area contributed by atoms with Gasteiger partial charge in [-0.15, -0.1) is 0 Å². The van der Waals surface area contributed by atoms with Crippen molar-refractivity contribution in [2.24, 2.45) is 0 Å². The van der Waals surface area contributed by atoms with Crippen LogP contribution in [0.15, 0.2) is 20.3 Å². The maximum atomic E-state index is 11.3. The standard InChI is InChI=1S/C9H14BrN3O2/c1-12(2)4-3-5-13-6-7(10)8(14)11-9(13)15/h6H,3-5H2,1-2H3,(H,11,14,15). The Kier molecular flexibility index (Phi) is 4.28. The number of hydrogen-bond acceptors (Lipinski definition) is 3. The summed E-state index contributed by atoms with van der Waals surface area (Å²) in [5.74, 6) is 0. The summed E-state index contributed by atoms with van der Waals surface area (Å²) in [5.41, 5.74) is -0.745. The molecule has 0 amide bonds. The molecule has 0 aliphatic carbocycles. The number of aromatic nitrogens is 2. The van der Waals surface area contributed by atoms with Gasteiger partial charge in [0.1, 0.15) is 0 Å². The first kappa shape index (κ1) is 12.2. The zero-order chi connectivity index (χ0) is 11.4. The summed E-state index contributed by atoms with van der Waals surface area (Å²) >= 11 is 3.09. The van der Waals surface area contributed by atoms with Crippen LogP contribution in [0.4, 0.5) is 0 Å². The van der Waals surface area contributed by atoms with Crippen LogP contribution in [-0.4, -0.2) is 35.1 Å². The molecule has 84 valence electrons. The molecule has 0 aromatic carbocycles. The van der Waals surface area contributed by atoms with Crippen LogP contribution in [0.2, 0.25) is 0 Å². The number of nitrogens with one attached hydrogen (secondary N) is 1. The molecule has 15 heavy (non-hydrogen) atoms. The van der Waals surface area contributed by atoms with Crippen molar-refractivity contribution >= 4 is 15.9 Å². The van der Waals surface area contributed by atoms with Crippen molar-refractivity contribution in [3.63, 3.8) is 0 Å². The Bertz CT molecular complexity index is 436. The van der Waals surface area contributed by atoms with E-state index < -0.39 is 0 Å². The number of nitrogens with zero attached hydrogens (tertiary/aromatic N) is 2. The molecule has 1 rings (SSSR count). The van der Waals surface area contributed by atoms with E-state index >= 15 is 0 Å². The Labute approximate surface area is 95.9 Å². The molecule has 0 saturated carbocycles. The van der Waals surface area contributed by atoms with Crippen molar-refractivity contribution < 1.29 is 0 Å². The Morgan fingerprint density at radius 2 is 2.13 bits per heavy atom. The SMILES string of the molecule is CN(C)CCCn1cc(Br)c(=O)[nH]c1=O. The molecule has 5 nitrogen and oxygen atoms in total. The summed E-state index contributed by atoms with van der Waals surface area (Å²) in [6, 6.07) is 0. The molecule has 0 saturated heterocycles. The molecule has 1 N–H and O–H groups in total. The minimum absolute atomic E-state index is 0.359. The van der Waals surface area contributed by atoms with Gasteiger partial charge >= 0.3 is 5.69 Å². The predicted molar refractivity (Wildman–Crippen MR) is 62.2 cm³/mol. The minimum atomic E-state index is -0.385. The van der Waals surface area contributed by atoms with Crippen LogP contribution in [0.3, 0.4) is 0 Å². The zero-order valence-corrected chi connectivity index (χ0v) is 10.4. The highest BCUT2D eigenvalue weighted by Crippen LogP contribution is 1.98. The first-order valence-electron chi connectivity index (χ1n) is 4.64. The molecular formula is C9H14BrN3O2. The Morgan fingerprint density at radius 3 is 2.73 bits per heavy atom. The topological polar surface area (TPSA) is 58.1 Å². The molecule has 1 aromatic rings. The number of rotatable bonds is 4. The van der Waals surface area contributed by atoms with Gasteiger partial charge in [-0.2, -0.15) is 0 Å². The summed E-state index contributed by atoms with van der Waals surface area (Å²) in [6.45, 7) is 1.51. The maximum Gasteiger partial charge on any atom is 0.328 e. The molecular weight excluding hydrogens is 262 g/mol. The second kappa shape index (κ2) is 5.27. The van der Waals surface area contributed by atoms with Crippen molar-refractivity contribution in [3.8, 4) is 0 Å². The van der Waals surface area contributed by atoms with Gasteiger partial charge in [-0.25, -0.2) is 4.79 Å². The third kappa shape index (κ3) is 3.64. The third-order valence-electron chi connectivity index (χ3n) is 1.97. The Balaban J connectivity index is 2.74. The summed E-state index contributed by atoms with van der Waals surface area (Å²) in [6.07, 6.45) is 2.39. The van der Waals surface area contributed by atoms with Gasteiger partial charge in [-0.3, -0.25) is 14.3 Å². The van der Waals surface area contributed by atoms with Gasteiger partial charge in [0.05, 0.1) is 4.47 Å². The summed E-state index contributed by atoms with van der Waals surface area (Å²) in [5, 5.41) is 0.